The average Bonchev–Trinajstić information content (AvgIpc) is 2.27. The standard InChI is InChI=1S/C13H16ClNO3/c1-3-7-15(9(2)16)12(13(17)18)10-5-4-6-11(14)8-10/h4-6,8,12H,3,7H2,1-2H3,(H,17,18). The van der Waals surface area contributed by atoms with Crippen molar-refractivity contribution in [2.75, 3.05) is 6.54 Å². The molecule has 4 nitrogen and oxygen atoms in total. The number of hydrogen-bond acceptors (Lipinski definition) is 2. The first-order valence-corrected chi connectivity index (χ1v) is 6.10. The van der Waals surface area contributed by atoms with Gasteiger partial charge in [0.25, 0.3) is 0 Å². The minimum absolute atomic E-state index is 0.260. The van der Waals surface area contributed by atoms with Crippen LogP contribution in [-0.4, -0.2) is 28.4 Å². The first-order valence-electron chi connectivity index (χ1n) is 5.72. The Kier molecular flexibility index (Phi) is 5.16. The van der Waals surface area contributed by atoms with Crippen LogP contribution in [0.3, 0.4) is 0 Å². The van der Waals surface area contributed by atoms with Crippen LogP contribution in [0.4, 0.5) is 0 Å². The summed E-state index contributed by atoms with van der Waals surface area (Å²) in [4.78, 5) is 24.3. The second-order valence-electron chi connectivity index (χ2n) is 4.01. The van der Waals surface area contributed by atoms with Crippen molar-refractivity contribution in [3.63, 3.8) is 0 Å². The first kappa shape index (κ1) is 14.5. The van der Waals surface area contributed by atoms with Crippen molar-refractivity contribution in [2.24, 2.45) is 0 Å². The molecule has 98 valence electrons. The van der Waals surface area contributed by atoms with Crippen LogP contribution in [0.1, 0.15) is 31.9 Å². The Morgan fingerprint density at radius 1 is 1.44 bits per heavy atom. The molecular weight excluding hydrogens is 254 g/mol. The average molecular weight is 270 g/mol. The van der Waals surface area contributed by atoms with Gasteiger partial charge in [-0.05, 0) is 24.1 Å². The number of amides is 1. The fourth-order valence-electron chi connectivity index (χ4n) is 1.84. The van der Waals surface area contributed by atoms with Gasteiger partial charge in [0.05, 0.1) is 0 Å². The van der Waals surface area contributed by atoms with E-state index in [0.29, 0.717) is 23.6 Å². The van der Waals surface area contributed by atoms with Gasteiger partial charge in [-0.1, -0.05) is 30.7 Å². The number of aliphatic carboxylic acids is 1. The van der Waals surface area contributed by atoms with Gasteiger partial charge in [0, 0.05) is 18.5 Å². The summed E-state index contributed by atoms with van der Waals surface area (Å²) >= 11 is 5.86. The highest BCUT2D eigenvalue weighted by molar-refractivity contribution is 6.30. The van der Waals surface area contributed by atoms with E-state index in [9.17, 15) is 14.7 Å². The van der Waals surface area contributed by atoms with E-state index in [1.165, 1.54) is 11.8 Å². The van der Waals surface area contributed by atoms with Crippen molar-refractivity contribution < 1.29 is 14.7 Å². The van der Waals surface area contributed by atoms with Crippen molar-refractivity contribution in [3.05, 3.63) is 34.9 Å². The fourth-order valence-corrected chi connectivity index (χ4v) is 2.04. The molecule has 0 fully saturated rings. The predicted octanol–water partition coefficient (Wildman–Crippen LogP) is 2.72. The molecular formula is C13H16ClNO3. The predicted molar refractivity (Wildman–Crippen MR) is 69.5 cm³/mol. The van der Waals surface area contributed by atoms with E-state index in [0.717, 1.165) is 0 Å². The third kappa shape index (κ3) is 3.47. The van der Waals surface area contributed by atoms with Crippen LogP contribution in [0.5, 0.6) is 0 Å². The van der Waals surface area contributed by atoms with Crippen molar-refractivity contribution in [1.82, 2.24) is 4.90 Å². The van der Waals surface area contributed by atoms with Gasteiger partial charge in [-0.15, -0.1) is 0 Å². The molecule has 1 unspecified atom stereocenters. The van der Waals surface area contributed by atoms with Crippen LogP contribution < -0.4 is 0 Å². The topological polar surface area (TPSA) is 57.6 Å². The molecule has 0 aliphatic carbocycles. The second-order valence-corrected chi connectivity index (χ2v) is 4.44. The van der Waals surface area contributed by atoms with Crippen molar-refractivity contribution in [2.45, 2.75) is 26.3 Å². The minimum Gasteiger partial charge on any atom is -0.479 e. The molecule has 0 radical (unpaired) electrons. The Labute approximate surface area is 111 Å². The third-order valence-electron chi connectivity index (χ3n) is 2.58. The number of carbonyl (C=O) groups excluding carboxylic acids is 1. The zero-order valence-electron chi connectivity index (χ0n) is 10.4. The largest absolute Gasteiger partial charge is 0.479 e. The molecule has 18 heavy (non-hydrogen) atoms. The summed E-state index contributed by atoms with van der Waals surface area (Å²) in [6.45, 7) is 3.67. The molecule has 1 aromatic rings. The highest BCUT2D eigenvalue weighted by Crippen LogP contribution is 2.24. The van der Waals surface area contributed by atoms with E-state index >= 15 is 0 Å². The summed E-state index contributed by atoms with van der Waals surface area (Å²) in [7, 11) is 0. The molecule has 0 aromatic heterocycles. The smallest absolute Gasteiger partial charge is 0.331 e. The number of carboxylic acid groups (broad SMARTS) is 1. The van der Waals surface area contributed by atoms with Crippen LogP contribution in [0.2, 0.25) is 5.02 Å². The second kappa shape index (κ2) is 6.40. The molecule has 1 N–H and O–H groups in total. The number of halogens is 1. The number of nitrogens with zero attached hydrogens (tertiary/aromatic N) is 1. The van der Waals surface area contributed by atoms with E-state index in [2.05, 4.69) is 0 Å². The number of hydrogen-bond donors (Lipinski definition) is 1. The molecule has 0 aliphatic heterocycles. The van der Waals surface area contributed by atoms with Crippen LogP contribution in [0.15, 0.2) is 24.3 Å². The molecule has 5 heteroatoms. The normalized spacial score (nSPS) is 11.9. The number of benzene rings is 1. The Hall–Kier alpha value is -1.55. The molecule has 0 bridgehead atoms. The van der Waals surface area contributed by atoms with Crippen LogP contribution in [0.25, 0.3) is 0 Å². The molecule has 0 saturated carbocycles. The van der Waals surface area contributed by atoms with Gasteiger partial charge in [0.15, 0.2) is 6.04 Å². The number of carbonyl (C=O) groups is 2. The van der Waals surface area contributed by atoms with Crippen LogP contribution >= 0.6 is 11.6 Å². The van der Waals surface area contributed by atoms with Crippen LogP contribution in [0, 0.1) is 0 Å². The zero-order valence-corrected chi connectivity index (χ0v) is 11.1. The Morgan fingerprint density at radius 2 is 2.11 bits per heavy atom. The van der Waals surface area contributed by atoms with E-state index in [1.54, 1.807) is 24.3 Å². The first-order chi connectivity index (χ1) is 8.47. The highest BCUT2D eigenvalue weighted by Gasteiger charge is 2.28. The lowest BCUT2D eigenvalue weighted by molar-refractivity contribution is -0.149. The Bertz CT molecular complexity index is 448. The summed E-state index contributed by atoms with van der Waals surface area (Å²) in [5, 5.41) is 9.78. The van der Waals surface area contributed by atoms with E-state index in [1.807, 2.05) is 6.92 Å². The van der Waals surface area contributed by atoms with E-state index in [4.69, 9.17) is 11.6 Å². The Morgan fingerprint density at radius 3 is 2.56 bits per heavy atom. The Balaban J connectivity index is 3.15. The van der Waals surface area contributed by atoms with Gasteiger partial charge in [-0.2, -0.15) is 0 Å². The quantitative estimate of drug-likeness (QED) is 0.894. The maximum atomic E-state index is 11.6. The van der Waals surface area contributed by atoms with Crippen molar-refractivity contribution >= 4 is 23.5 Å². The zero-order chi connectivity index (χ0) is 13.7. The lowest BCUT2D eigenvalue weighted by Crippen LogP contribution is -2.38. The monoisotopic (exact) mass is 269 g/mol. The maximum Gasteiger partial charge on any atom is 0.331 e. The van der Waals surface area contributed by atoms with Crippen molar-refractivity contribution in [3.8, 4) is 0 Å². The summed E-state index contributed by atoms with van der Waals surface area (Å²) < 4.78 is 0. The summed E-state index contributed by atoms with van der Waals surface area (Å²) in [6.07, 6.45) is 0.698. The molecule has 1 atom stereocenters. The van der Waals surface area contributed by atoms with Gasteiger partial charge in [0.2, 0.25) is 5.91 Å². The van der Waals surface area contributed by atoms with Gasteiger partial charge in [0.1, 0.15) is 0 Å². The van der Waals surface area contributed by atoms with E-state index < -0.39 is 12.0 Å². The molecule has 1 amide bonds. The van der Waals surface area contributed by atoms with Gasteiger partial charge in [-0.3, -0.25) is 4.79 Å². The lowest BCUT2D eigenvalue weighted by Gasteiger charge is -2.28. The summed E-state index contributed by atoms with van der Waals surface area (Å²) in [5.41, 5.74) is 0.513. The van der Waals surface area contributed by atoms with Crippen molar-refractivity contribution in [1.29, 1.82) is 0 Å². The van der Waals surface area contributed by atoms with Gasteiger partial charge in [-0.25, -0.2) is 4.79 Å². The lowest BCUT2D eigenvalue weighted by atomic mass is 10.0. The maximum absolute atomic E-state index is 11.6. The number of carboxylic acids is 1. The molecule has 0 heterocycles. The molecule has 1 rings (SSSR count). The van der Waals surface area contributed by atoms with Crippen LogP contribution in [-0.2, 0) is 9.59 Å². The molecule has 0 spiro atoms. The third-order valence-corrected chi connectivity index (χ3v) is 2.81. The molecule has 0 saturated heterocycles. The molecule has 1 aromatic carbocycles. The fraction of sp³-hybridized carbons (Fsp3) is 0.385. The van der Waals surface area contributed by atoms with E-state index in [-0.39, 0.29) is 5.91 Å². The van der Waals surface area contributed by atoms with Gasteiger partial charge >= 0.3 is 5.97 Å². The molecule has 0 aliphatic rings. The highest BCUT2D eigenvalue weighted by atomic mass is 35.5. The summed E-state index contributed by atoms with van der Waals surface area (Å²) in [6, 6.07) is 5.60. The van der Waals surface area contributed by atoms with Gasteiger partial charge < -0.3 is 10.0 Å². The number of rotatable bonds is 5. The minimum atomic E-state index is -1.05. The summed E-state index contributed by atoms with van der Waals surface area (Å²) in [5.74, 6) is -1.31. The SMILES string of the molecule is CCCN(C(C)=O)C(C(=O)O)c1cccc(Cl)c1.